The van der Waals surface area contributed by atoms with Crippen LogP contribution in [-0.2, 0) is 13.2 Å². The highest BCUT2D eigenvalue weighted by molar-refractivity contribution is 5.97. The highest BCUT2D eigenvalue weighted by atomic mass is 19.1. The fourth-order valence-electron chi connectivity index (χ4n) is 3.34. The third-order valence-electron chi connectivity index (χ3n) is 4.88. The Balaban J connectivity index is 1.70. The van der Waals surface area contributed by atoms with E-state index in [1.807, 2.05) is 34.9 Å². The Kier molecular flexibility index (Phi) is 6.24. The molecule has 0 aliphatic carbocycles. The second-order valence-electron chi connectivity index (χ2n) is 6.99. The van der Waals surface area contributed by atoms with Gasteiger partial charge < -0.3 is 19.7 Å². The van der Waals surface area contributed by atoms with E-state index >= 15 is 0 Å². The van der Waals surface area contributed by atoms with Gasteiger partial charge >= 0.3 is 0 Å². The molecule has 0 fully saturated rings. The van der Waals surface area contributed by atoms with Gasteiger partial charge in [-0.1, -0.05) is 36.4 Å². The maximum atomic E-state index is 14.3. The van der Waals surface area contributed by atoms with Crippen LogP contribution in [0.1, 0.15) is 21.7 Å². The number of aliphatic hydroxyl groups is 1. The van der Waals surface area contributed by atoms with E-state index in [1.54, 1.807) is 36.4 Å². The Labute approximate surface area is 178 Å². The summed E-state index contributed by atoms with van der Waals surface area (Å²) in [7, 11) is 0. The zero-order valence-corrected chi connectivity index (χ0v) is 16.8. The highest BCUT2D eigenvalue weighted by Crippen LogP contribution is 2.22. The van der Waals surface area contributed by atoms with E-state index in [9.17, 15) is 9.18 Å². The Morgan fingerprint density at radius 1 is 1.06 bits per heavy atom. The number of hydrogen-bond acceptors (Lipinski definition) is 4. The van der Waals surface area contributed by atoms with Crippen molar-refractivity contribution in [3.05, 3.63) is 95.6 Å². The summed E-state index contributed by atoms with van der Waals surface area (Å²) < 4.78 is 22.1. The molecule has 0 radical (unpaired) electrons. The van der Waals surface area contributed by atoms with Crippen LogP contribution in [0.5, 0.6) is 5.75 Å². The molecule has 0 bridgehead atoms. The molecule has 31 heavy (non-hydrogen) atoms. The molecule has 1 aromatic heterocycles. The van der Waals surface area contributed by atoms with Crippen LogP contribution in [-0.4, -0.2) is 33.7 Å². The smallest absolute Gasteiger partial charge is 0.251 e. The molecule has 4 rings (SSSR count). The van der Waals surface area contributed by atoms with Crippen LogP contribution in [0, 0.1) is 5.82 Å². The molecule has 7 heteroatoms. The quantitative estimate of drug-likeness (QED) is 0.458. The third kappa shape index (κ3) is 4.73. The summed E-state index contributed by atoms with van der Waals surface area (Å²) in [4.78, 5) is 16.9. The summed E-state index contributed by atoms with van der Waals surface area (Å²) in [5.41, 5.74) is 2.35. The minimum Gasteiger partial charge on any atom is -0.486 e. The monoisotopic (exact) mass is 419 g/mol. The van der Waals surface area contributed by atoms with E-state index in [0.717, 1.165) is 5.52 Å². The molecule has 1 heterocycles. The van der Waals surface area contributed by atoms with Crippen molar-refractivity contribution in [1.82, 2.24) is 14.9 Å². The van der Waals surface area contributed by atoms with Crippen molar-refractivity contribution in [3.63, 3.8) is 0 Å². The SMILES string of the molecule is O=C(NCCO)c1ccc2c(c1)nc(COc1ccccc1)n2Cc1ccccc1F. The zero-order valence-electron chi connectivity index (χ0n) is 16.8. The number of benzene rings is 3. The molecular weight excluding hydrogens is 397 g/mol. The lowest BCUT2D eigenvalue weighted by Gasteiger charge is -2.11. The summed E-state index contributed by atoms with van der Waals surface area (Å²) in [5.74, 6) is 0.743. The average Bonchev–Trinajstić information content (AvgIpc) is 3.14. The second kappa shape index (κ2) is 9.40. The highest BCUT2D eigenvalue weighted by Gasteiger charge is 2.16. The van der Waals surface area contributed by atoms with Crippen molar-refractivity contribution in [2.24, 2.45) is 0 Å². The van der Waals surface area contributed by atoms with Crippen molar-refractivity contribution in [1.29, 1.82) is 0 Å². The van der Waals surface area contributed by atoms with Crippen molar-refractivity contribution in [2.75, 3.05) is 13.2 Å². The molecule has 0 atom stereocenters. The number of aromatic nitrogens is 2. The molecule has 0 aliphatic rings. The van der Waals surface area contributed by atoms with Crippen LogP contribution in [0.25, 0.3) is 11.0 Å². The molecule has 6 nitrogen and oxygen atoms in total. The lowest BCUT2D eigenvalue weighted by Crippen LogP contribution is -2.26. The topological polar surface area (TPSA) is 76.4 Å². The number of rotatable bonds is 8. The zero-order chi connectivity index (χ0) is 21.6. The van der Waals surface area contributed by atoms with Crippen molar-refractivity contribution in [3.8, 4) is 5.75 Å². The van der Waals surface area contributed by atoms with Crippen LogP contribution >= 0.6 is 0 Å². The molecule has 0 aliphatic heterocycles. The van der Waals surface area contributed by atoms with Crippen molar-refractivity contribution in [2.45, 2.75) is 13.2 Å². The Bertz CT molecular complexity index is 1190. The first kappa shape index (κ1) is 20.6. The van der Waals surface area contributed by atoms with Gasteiger partial charge in [-0.2, -0.15) is 0 Å². The second-order valence-corrected chi connectivity index (χ2v) is 6.99. The molecule has 4 aromatic rings. The van der Waals surface area contributed by atoms with E-state index in [1.165, 1.54) is 6.07 Å². The number of aliphatic hydroxyl groups excluding tert-OH is 1. The number of carbonyl (C=O) groups excluding carboxylic acids is 1. The number of nitrogens with one attached hydrogen (secondary N) is 1. The lowest BCUT2D eigenvalue weighted by molar-refractivity contribution is 0.0945. The number of hydrogen-bond donors (Lipinski definition) is 2. The predicted molar refractivity (Wildman–Crippen MR) is 115 cm³/mol. The summed E-state index contributed by atoms with van der Waals surface area (Å²) in [6.45, 7) is 0.521. The molecule has 3 aromatic carbocycles. The van der Waals surface area contributed by atoms with Crippen molar-refractivity contribution < 1.29 is 19.0 Å². The van der Waals surface area contributed by atoms with Gasteiger partial charge in [-0.15, -0.1) is 0 Å². The first-order valence-electron chi connectivity index (χ1n) is 9.95. The van der Waals surface area contributed by atoms with E-state index in [4.69, 9.17) is 9.84 Å². The van der Waals surface area contributed by atoms with Crippen LogP contribution in [0.2, 0.25) is 0 Å². The van der Waals surface area contributed by atoms with Gasteiger partial charge in [-0.05, 0) is 36.4 Å². The van der Waals surface area contributed by atoms with E-state index in [-0.39, 0.29) is 38.0 Å². The normalized spacial score (nSPS) is 10.9. The number of nitrogens with zero attached hydrogens (tertiary/aromatic N) is 2. The third-order valence-corrected chi connectivity index (χ3v) is 4.88. The van der Waals surface area contributed by atoms with Crippen LogP contribution in [0.3, 0.4) is 0 Å². The minimum absolute atomic E-state index is 0.133. The van der Waals surface area contributed by atoms with Crippen LogP contribution in [0.4, 0.5) is 4.39 Å². The molecule has 1 amide bonds. The minimum atomic E-state index is -0.292. The van der Waals surface area contributed by atoms with Gasteiger partial charge in [0.05, 0.1) is 24.2 Å². The first-order chi connectivity index (χ1) is 15.2. The molecule has 2 N–H and O–H groups in total. The summed E-state index contributed by atoms with van der Waals surface area (Å²) in [5, 5.41) is 11.5. The van der Waals surface area contributed by atoms with Gasteiger partial charge in [-0.25, -0.2) is 9.37 Å². The summed E-state index contributed by atoms with van der Waals surface area (Å²) >= 11 is 0. The Morgan fingerprint density at radius 3 is 2.61 bits per heavy atom. The fraction of sp³-hybridized carbons (Fsp3) is 0.167. The van der Waals surface area contributed by atoms with Gasteiger partial charge in [0, 0.05) is 17.7 Å². The van der Waals surface area contributed by atoms with Crippen molar-refractivity contribution >= 4 is 16.9 Å². The van der Waals surface area contributed by atoms with Crippen LogP contribution < -0.4 is 10.1 Å². The largest absolute Gasteiger partial charge is 0.486 e. The van der Waals surface area contributed by atoms with E-state index < -0.39 is 0 Å². The molecule has 158 valence electrons. The van der Waals surface area contributed by atoms with Crippen LogP contribution in [0.15, 0.2) is 72.8 Å². The standard InChI is InChI=1S/C24H22FN3O3/c25-20-9-5-4-6-18(20)15-28-22-11-10-17(24(30)26-12-13-29)14-21(22)27-23(28)16-31-19-7-2-1-3-8-19/h1-11,14,29H,12-13,15-16H2,(H,26,30). The number of imidazole rings is 1. The Hall–Kier alpha value is -3.71. The van der Waals surface area contributed by atoms with E-state index in [2.05, 4.69) is 10.3 Å². The van der Waals surface area contributed by atoms with Gasteiger partial charge in [0.1, 0.15) is 24.0 Å². The number of halogens is 1. The Morgan fingerprint density at radius 2 is 1.84 bits per heavy atom. The number of amides is 1. The summed E-state index contributed by atoms with van der Waals surface area (Å²) in [6.07, 6.45) is 0. The number of carbonyl (C=O) groups is 1. The summed E-state index contributed by atoms with van der Waals surface area (Å²) in [6, 6.07) is 21.2. The first-order valence-corrected chi connectivity index (χ1v) is 9.95. The number of fused-ring (bicyclic) bond motifs is 1. The lowest BCUT2D eigenvalue weighted by atomic mass is 10.1. The van der Waals surface area contributed by atoms with Gasteiger partial charge in [-0.3, -0.25) is 4.79 Å². The number of para-hydroxylation sites is 1. The molecular formula is C24H22FN3O3. The fourth-order valence-corrected chi connectivity index (χ4v) is 3.34. The predicted octanol–water partition coefficient (Wildman–Crippen LogP) is 3.52. The molecule has 0 spiro atoms. The maximum absolute atomic E-state index is 14.3. The number of ether oxygens (including phenoxy) is 1. The van der Waals surface area contributed by atoms with Gasteiger partial charge in [0.2, 0.25) is 0 Å². The van der Waals surface area contributed by atoms with Gasteiger partial charge in [0.25, 0.3) is 5.91 Å². The maximum Gasteiger partial charge on any atom is 0.251 e. The molecule has 0 saturated heterocycles. The molecule has 0 unspecified atom stereocenters. The van der Waals surface area contributed by atoms with Gasteiger partial charge in [0.15, 0.2) is 0 Å². The molecule has 0 saturated carbocycles. The average molecular weight is 419 g/mol. The van der Waals surface area contributed by atoms with E-state index in [0.29, 0.717) is 28.2 Å².